The number of carbonyl (C=O) groups is 1. The lowest BCUT2D eigenvalue weighted by atomic mass is 10.2. The van der Waals surface area contributed by atoms with Gasteiger partial charge in [0.1, 0.15) is 5.75 Å². The Bertz CT molecular complexity index is 663. The van der Waals surface area contributed by atoms with Gasteiger partial charge in [0, 0.05) is 42.8 Å². The number of hydrogen-bond acceptors (Lipinski definition) is 3. The van der Waals surface area contributed by atoms with E-state index in [1.165, 1.54) is 16.6 Å². The lowest BCUT2D eigenvalue weighted by Gasteiger charge is -2.28. The second-order valence-electron chi connectivity index (χ2n) is 5.36. The van der Waals surface area contributed by atoms with E-state index in [0.717, 1.165) is 25.4 Å². The van der Waals surface area contributed by atoms with Crippen molar-refractivity contribution < 1.29 is 14.6 Å². The van der Waals surface area contributed by atoms with E-state index in [4.69, 9.17) is 9.84 Å². The van der Waals surface area contributed by atoms with Crippen LogP contribution < -0.4 is 4.74 Å². The molecule has 0 saturated heterocycles. The summed E-state index contributed by atoms with van der Waals surface area (Å²) in [5.41, 5.74) is 2.47. The van der Waals surface area contributed by atoms with Gasteiger partial charge in [-0.2, -0.15) is 0 Å². The van der Waals surface area contributed by atoms with Crippen LogP contribution in [0.4, 0.5) is 0 Å². The number of rotatable bonds is 5. The normalized spacial score (nSPS) is 15.1. The van der Waals surface area contributed by atoms with Crippen molar-refractivity contribution in [2.45, 2.75) is 26.4 Å². The first kappa shape index (κ1) is 13.9. The van der Waals surface area contributed by atoms with Crippen molar-refractivity contribution in [2.75, 3.05) is 19.7 Å². The van der Waals surface area contributed by atoms with Crippen molar-refractivity contribution in [3.63, 3.8) is 0 Å². The molecule has 0 saturated carbocycles. The zero-order valence-electron chi connectivity index (χ0n) is 12.2. The van der Waals surface area contributed by atoms with Gasteiger partial charge in [-0.1, -0.05) is 0 Å². The molecule has 2 heterocycles. The molecular formula is C16H20N2O3. The van der Waals surface area contributed by atoms with Crippen LogP contribution in [0.1, 0.15) is 19.0 Å². The van der Waals surface area contributed by atoms with E-state index in [1.54, 1.807) is 0 Å². The molecule has 0 aliphatic carbocycles. The third kappa shape index (κ3) is 2.88. The Balaban J connectivity index is 1.82. The van der Waals surface area contributed by atoms with Gasteiger partial charge in [-0.15, -0.1) is 0 Å². The van der Waals surface area contributed by atoms with E-state index in [-0.39, 0.29) is 6.42 Å². The van der Waals surface area contributed by atoms with Gasteiger partial charge >= 0.3 is 5.97 Å². The summed E-state index contributed by atoms with van der Waals surface area (Å²) >= 11 is 0. The predicted molar refractivity (Wildman–Crippen MR) is 80.6 cm³/mol. The summed E-state index contributed by atoms with van der Waals surface area (Å²) in [5, 5.41) is 9.98. The van der Waals surface area contributed by atoms with Crippen LogP contribution in [0.25, 0.3) is 10.9 Å². The molecule has 0 atom stereocenters. The number of carboxylic acid groups (broad SMARTS) is 1. The number of aromatic nitrogens is 1. The molecule has 1 aliphatic heterocycles. The Hall–Kier alpha value is -2.01. The van der Waals surface area contributed by atoms with Gasteiger partial charge in [-0.05, 0) is 31.2 Å². The molecule has 0 bridgehead atoms. The number of fused-ring (bicyclic) bond motifs is 3. The summed E-state index contributed by atoms with van der Waals surface area (Å²) in [6.45, 7) is 5.88. The number of aliphatic carboxylic acids is 1. The van der Waals surface area contributed by atoms with Gasteiger partial charge < -0.3 is 14.4 Å². The highest BCUT2D eigenvalue weighted by molar-refractivity contribution is 5.83. The summed E-state index contributed by atoms with van der Waals surface area (Å²) < 4.78 is 7.87. The summed E-state index contributed by atoms with van der Waals surface area (Å²) in [6.07, 6.45) is 0.203. The standard InChI is InChI=1S/C16H20N2O3/c1-2-21-14-3-4-15-12(10-14)9-13-11-17(6-5-16(19)20)7-8-18(13)15/h3-4,9-10H,2,5-8,11H2,1H3,(H,19,20). The lowest BCUT2D eigenvalue weighted by molar-refractivity contribution is -0.137. The second-order valence-corrected chi connectivity index (χ2v) is 5.36. The van der Waals surface area contributed by atoms with Crippen molar-refractivity contribution in [3.8, 4) is 5.75 Å². The highest BCUT2D eigenvalue weighted by Crippen LogP contribution is 2.27. The largest absolute Gasteiger partial charge is 0.494 e. The van der Waals surface area contributed by atoms with E-state index in [1.807, 2.05) is 13.0 Å². The Kier molecular flexibility index (Phi) is 3.84. The zero-order valence-corrected chi connectivity index (χ0v) is 12.2. The maximum absolute atomic E-state index is 10.7. The molecule has 5 nitrogen and oxygen atoms in total. The summed E-state index contributed by atoms with van der Waals surface area (Å²) in [5.74, 6) is 0.165. The smallest absolute Gasteiger partial charge is 0.304 e. The van der Waals surface area contributed by atoms with E-state index in [9.17, 15) is 4.79 Å². The minimum absolute atomic E-state index is 0.203. The SMILES string of the molecule is CCOc1ccc2c(c1)cc1n2CCN(CCC(=O)O)C1. The van der Waals surface area contributed by atoms with Crippen molar-refractivity contribution >= 4 is 16.9 Å². The minimum atomic E-state index is -0.734. The van der Waals surface area contributed by atoms with Crippen LogP contribution in [0.5, 0.6) is 5.75 Å². The molecule has 0 spiro atoms. The number of hydrogen-bond donors (Lipinski definition) is 1. The maximum atomic E-state index is 10.7. The molecule has 0 radical (unpaired) electrons. The highest BCUT2D eigenvalue weighted by Gasteiger charge is 2.19. The van der Waals surface area contributed by atoms with Gasteiger partial charge in [0.2, 0.25) is 0 Å². The second kappa shape index (κ2) is 5.77. The molecule has 0 amide bonds. The molecule has 0 fully saturated rings. The molecule has 1 aromatic heterocycles. The topological polar surface area (TPSA) is 54.7 Å². The molecule has 2 aromatic rings. The van der Waals surface area contributed by atoms with Crippen LogP contribution in [-0.2, 0) is 17.9 Å². The van der Waals surface area contributed by atoms with Gasteiger partial charge in [0.15, 0.2) is 0 Å². The number of ether oxygens (including phenoxy) is 1. The third-order valence-corrected chi connectivity index (χ3v) is 3.94. The molecule has 21 heavy (non-hydrogen) atoms. The fraction of sp³-hybridized carbons (Fsp3) is 0.438. The summed E-state index contributed by atoms with van der Waals surface area (Å²) in [4.78, 5) is 12.9. The lowest BCUT2D eigenvalue weighted by Crippen LogP contribution is -2.34. The van der Waals surface area contributed by atoms with Gasteiger partial charge in [-0.25, -0.2) is 0 Å². The monoisotopic (exact) mass is 288 g/mol. The average molecular weight is 288 g/mol. The van der Waals surface area contributed by atoms with Crippen LogP contribution in [-0.4, -0.2) is 40.2 Å². The fourth-order valence-corrected chi connectivity index (χ4v) is 2.95. The molecule has 1 aromatic carbocycles. The number of carboxylic acids is 1. The highest BCUT2D eigenvalue weighted by atomic mass is 16.5. The Morgan fingerprint density at radius 3 is 2.95 bits per heavy atom. The van der Waals surface area contributed by atoms with Crippen LogP contribution in [0.15, 0.2) is 24.3 Å². The fourth-order valence-electron chi connectivity index (χ4n) is 2.95. The average Bonchev–Trinajstić information content (AvgIpc) is 2.82. The molecule has 112 valence electrons. The van der Waals surface area contributed by atoms with Crippen LogP contribution in [0.3, 0.4) is 0 Å². The molecule has 0 unspecified atom stereocenters. The van der Waals surface area contributed by atoms with Crippen molar-refractivity contribution in [1.29, 1.82) is 0 Å². The number of nitrogens with zero attached hydrogens (tertiary/aromatic N) is 2. The Morgan fingerprint density at radius 1 is 1.33 bits per heavy atom. The summed E-state index contributed by atoms with van der Waals surface area (Å²) in [7, 11) is 0. The Labute approximate surface area is 123 Å². The molecule has 1 N–H and O–H groups in total. The number of benzene rings is 1. The minimum Gasteiger partial charge on any atom is -0.494 e. The Morgan fingerprint density at radius 2 is 2.19 bits per heavy atom. The van der Waals surface area contributed by atoms with E-state index >= 15 is 0 Å². The van der Waals surface area contributed by atoms with Crippen molar-refractivity contribution in [3.05, 3.63) is 30.0 Å². The zero-order chi connectivity index (χ0) is 14.8. The van der Waals surface area contributed by atoms with Gasteiger partial charge in [0.25, 0.3) is 0 Å². The van der Waals surface area contributed by atoms with E-state index in [0.29, 0.717) is 13.2 Å². The van der Waals surface area contributed by atoms with E-state index < -0.39 is 5.97 Å². The molecule has 1 aliphatic rings. The van der Waals surface area contributed by atoms with Crippen molar-refractivity contribution in [2.24, 2.45) is 0 Å². The molecular weight excluding hydrogens is 268 g/mol. The van der Waals surface area contributed by atoms with E-state index in [2.05, 4.69) is 27.7 Å². The molecule has 5 heteroatoms. The third-order valence-electron chi connectivity index (χ3n) is 3.94. The summed E-state index contributed by atoms with van der Waals surface area (Å²) in [6, 6.07) is 8.38. The van der Waals surface area contributed by atoms with Crippen molar-refractivity contribution in [1.82, 2.24) is 9.47 Å². The first-order valence-electron chi connectivity index (χ1n) is 7.36. The first-order chi connectivity index (χ1) is 10.2. The first-order valence-corrected chi connectivity index (χ1v) is 7.36. The van der Waals surface area contributed by atoms with Crippen LogP contribution in [0.2, 0.25) is 0 Å². The predicted octanol–water partition coefficient (Wildman–Crippen LogP) is 2.33. The molecule has 3 rings (SSSR count). The van der Waals surface area contributed by atoms with Gasteiger partial charge in [0.05, 0.1) is 13.0 Å². The van der Waals surface area contributed by atoms with Gasteiger partial charge in [-0.3, -0.25) is 9.69 Å². The quantitative estimate of drug-likeness (QED) is 0.917. The van der Waals surface area contributed by atoms with Crippen LogP contribution in [0, 0.1) is 0 Å². The van der Waals surface area contributed by atoms with Crippen LogP contribution >= 0.6 is 0 Å². The maximum Gasteiger partial charge on any atom is 0.304 e.